The highest BCUT2D eigenvalue weighted by Gasteiger charge is 2.06. The Hall–Kier alpha value is -0.840. The number of furan rings is 1. The maximum absolute atomic E-state index is 5.82. The van der Waals surface area contributed by atoms with Gasteiger partial charge >= 0.3 is 0 Å². The number of hydrogen-bond acceptors (Lipinski definition) is 4. The van der Waals surface area contributed by atoms with E-state index in [1.165, 1.54) is 0 Å². The minimum Gasteiger partial charge on any atom is -0.463 e. The van der Waals surface area contributed by atoms with Gasteiger partial charge in [0.2, 0.25) is 0 Å². The summed E-state index contributed by atoms with van der Waals surface area (Å²) >= 11 is 0. The predicted molar refractivity (Wildman–Crippen MR) is 82.7 cm³/mol. The molecule has 0 unspecified atom stereocenters. The average Bonchev–Trinajstić information content (AvgIpc) is 2.75. The van der Waals surface area contributed by atoms with Crippen LogP contribution in [-0.4, -0.2) is 37.7 Å². The summed E-state index contributed by atoms with van der Waals surface area (Å²) in [5.74, 6) is 2.68. The molecule has 0 aliphatic heterocycles. The van der Waals surface area contributed by atoms with Gasteiger partial charge < -0.3 is 14.5 Å². The lowest BCUT2D eigenvalue weighted by atomic mass is 10.2. The number of likely N-dealkylation sites (N-methyl/N-ethyl adjacent to an activating group) is 1. The van der Waals surface area contributed by atoms with Crippen LogP contribution < -0.4 is 5.32 Å². The Labute approximate surface area is 123 Å². The molecule has 0 atom stereocenters. The molecule has 0 saturated carbocycles. The lowest BCUT2D eigenvalue weighted by molar-refractivity contribution is 0.0616. The third-order valence-corrected chi connectivity index (χ3v) is 2.92. The van der Waals surface area contributed by atoms with Crippen molar-refractivity contribution in [1.29, 1.82) is 0 Å². The standard InChI is InChI=1S/C16H30N2O2/c1-13(2)10-17-11-15-6-7-16(20-15)12-18(5)8-9-19-14(3)4/h6-7,13-14,17H,8-12H2,1-5H3. The normalized spacial score (nSPS) is 12.0. The van der Waals surface area contributed by atoms with E-state index in [1.54, 1.807) is 0 Å². The molecule has 0 amide bonds. The largest absolute Gasteiger partial charge is 0.463 e. The molecule has 0 saturated heterocycles. The van der Waals surface area contributed by atoms with Gasteiger partial charge in [-0.1, -0.05) is 13.8 Å². The second kappa shape index (κ2) is 9.16. The second-order valence-corrected chi connectivity index (χ2v) is 6.05. The van der Waals surface area contributed by atoms with Gasteiger partial charge in [0.15, 0.2) is 0 Å². The summed E-state index contributed by atoms with van der Waals surface area (Å²) in [6.45, 7) is 12.8. The van der Waals surface area contributed by atoms with E-state index in [-0.39, 0.29) is 0 Å². The van der Waals surface area contributed by atoms with Crippen LogP contribution in [0.4, 0.5) is 0 Å². The Bertz CT molecular complexity index is 361. The fourth-order valence-electron chi connectivity index (χ4n) is 1.88. The Kier molecular flexibility index (Phi) is 7.88. The van der Waals surface area contributed by atoms with E-state index >= 15 is 0 Å². The Morgan fingerprint density at radius 2 is 1.90 bits per heavy atom. The van der Waals surface area contributed by atoms with Gasteiger partial charge in [-0.05, 0) is 45.5 Å². The smallest absolute Gasteiger partial charge is 0.118 e. The molecule has 4 heteroatoms. The molecule has 1 N–H and O–H groups in total. The van der Waals surface area contributed by atoms with Crippen LogP contribution in [0.2, 0.25) is 0 Å². The van der Waals surface area contributed by atoms with Crippen LogP contribution in [0, 0.1) is 5.92 Å². The molecule has 0 aliphatic carbocycles. The zero-order valence-electron chi connectivity index (χ0n) is 13.6. The molecule has 0 radical (unpaired) electrons. The zero-order valence-corrected chi connectivity index (χ0v) is 13.6. The van der Waals surface area contributed by atoms with Crippen molar-refractivity contribution in [3.8, 4) is 0 Å². The van der Waals surface area contributed by atoms with E-state index in [1.807, 2.05) is 0 Å². The van der Waals surface area contributed by atoms with Crippen LogP contribution in [0.5, 0.6) is 0 Å². The van der Waals surface area contributed by atoms with Crippen molar-refractivity contribution in [2.75, 3.05) is 26.7 Å². The van der Waals surface area contributed by atoms with Crippen LogP contribution in [0.3, 0.4) is 0 Å². The molecule has 0 spiro atoms. The maximum Gasteiger partial charge on any atom is 0.118 e. The SMILES string of the molecule is CC(C)CNCc1ccc(CN(C)CCOC(C)C)o1. The molecule has 4 nitrogen and oxygen atoms in total. The Morgan fingerprint density at radius 1 is 1.20 bits per heavy atom. The van der Waals surface area contributed by atoms with Crippen LogP contribution in [-0.2, 0) is 17.8 Å². The van der Waals surface area contributed by atoms with E-state index < -0.39 is 0 Å². The van der Waals surface area contributed by atoms with Crippen molar-refractivity contribution in [2.45, 2.75) is 46.9 Å². The van der Waals surface area contributed by atoms with E-state index in [2.05, 4.69) is 57.1 Å². The minimum atomic E-state index is 0.297. The van der Waals surface area contributed by atoms with Crippen molar-refractivity contribution in [1.82, 2.24) is 10.2 Å². The van der Waals surface area contributed by atoms with Crippen molar-refractivity contribution < 1.29 is 9.15 Å². The number of hydrogen-bond donors (Lipinski definition) is 1. The van der Waals surface area contributed by atoms with Crippen molar-refractivity contribution in [3.05, 3.63) is 23.7 Å². The van der Waals surface area contributed by atoms with Crippen LogP contribution in [0.25, 0.3) is 0 Å². The molecule has 1 aromatic heterocycles. The summed E-state index contributed by atoms with van der Waals surface area (Å²) in [6, 6.07) is 4.12. The molecule has 0 bridgehead atoms. The first kappa shape index (κ1) is 17.2. The molecule has 1 aromatic rings. The number of ether oxygens (including phenoxy) is 1. The molecular formula is C16H30N2O2. The first-order valence-electron chi connectivity index (χ1n) is 7.55. The van der Waals surface area contributed by atoms with Crippen molar-refractivity contribution in [2.24, 2.45) is 5.92 Å². The van der Waals surface area contributed by atoms with Crippen molar-refractivity contribution >= 4 is 0 Å². The number of nitrogens with one attached hydrogen (secondary N) is 1. The molecular weight excluding hydrogens is 252 g/mol. The molecule has 20 heavy (non-hydrogen) atoms. The first-order valence-corrected chi connectivity index (χ1v) is 7.55. The zero-order chi connectivity index (χ0) is 15.0. The Morgan fingerprint density at radius 3 is 2.55 bits per heavy atom. The summed E-state index contributed by atoms with van der Waals surface area (Å²) < 4.78 is 11.4. The fourth-order valence-corrected chi connectivity index (χ4v) is 1.88. The van der Waals surface area contributed by atoms with Gasteiger partial charge in [0, 0.05) is 6.54 Å². The maximum atomic E-state index is 5.82. The van der Waals surface area contributed by atoms with Crippen LogP contribution >= 0.6 is 0 Å². The van der Waals surface area contributed by atoms with E-state index in [4.69, 9.17) is 9.15 Å². The molecule has 116 valence electrons. The van der Waals surface area contributed by atoms with Gasteiger partial charge in [0.1, 0.15) is 11.5 Å². The Balaban J connectivity index is 2.25. The molecule has 1 heterocycles. The molecule has 0 aromatic carbocycles. The van der Waals surface area contributed by atoms with Gasteiger partial charge in [-0.2, -0.15) is 0 Å². The lowest BCUT2D eigenvalue weighted by Crippen LogP contribution is -2.23. The fraction of sp³-hybridized carbons (Fsp3) is 0.750. The molecule has 0 aliphatic rings. The highest BCUT2D eigenvalue weighted by molar-refractivity contribution is 5.07. The van der Waals surface area contributed by atoms with Crippen LogP contribution in [0.1, 0.15) is 39.2 Å². The van der Waals surface area contributed by atoms with Gasteiger partial charge in [-0.15, -0.1) is 0 Å². The van der Waals surface area contributed by atoms with Gasteiger partial charge in [0.25, 0.3) is 0 Å². The second-order valence-electron chi connectivity index (χ2n) is 6.05. The number of nitrogens with zero attached hydrogens (tertiary/aromatic N) is 1. The van der Waals surface area contributed by atoms with E-state index in [0.717, 1.165) is 44.3 Å². The van der Waals surface area contributed by atoms with Crippen molar-refractivity contribution in [3.63, 3.8) is 0 Å². The lowest BCUT2D eigenvalue weighted by Gasteiger charge is -2.16. The van der Waals surface area contributed by atoms with E-state index in [0.29, 0.717) is 12.0 Å². The summed E-state index contributed by atoms with van der Waals surface area (Å²) in [6.07, 6.45) is 0.297. The monoisotopic (exact) mass is 282 g/mol. The summed E-state index contributed by atoms with van der Waals surface area (Å²) in [5.41, 5.74) is 0. The summed E-state index contributed by atoms with van der Waals surface area (Å²) in [7, 11) is 2.09. The quantitative estimate of drug-likeness (QED) is 0.716. The predicted octanol–water partition coefficient (Wildman–Crippen LogP) is 2.88. The third-order valence-electron chi connectivity index (χ3n) is 2.92. The third kappa shape index (κ3) is 7.68. The summed E-state index contributed by atoms with van der Waals surface area (Å²) in [4.78, 5) is 2.21. The highest BCUT2D eigenvalue weighted by Crippen LogP contribution is 2.10. The van der Waals surface area contributed by atoms with Gasteiger partial charge in [-0.3, -0.25) is 4.90 Å². The topological polar surface area (TPSA) is 37.6 Å². The van der Waals surface area contributed by atoms with Gasteiger partial charge in [-0.25, -0.2) is 0 Å². The number of rotatable bonds is 10. The summed E-state index contributed by atoms with van der Waals surface area (Å²) in [5, 5.41) is 3.39. The first-order chi connectivity index (χ1) is 9.47. The average molecular weight is 282 g/mol. The van der Waals surface area contributed by atoms with E-state index in [9.17, 15) is 0 Å². The molecule has 1 rings (SSSR count). The molecule has 0 fully saturated rings. The minimum absolute atomic E-state index is 0.297. The van der Waals surface area contributed by atoms with Crippen LogP contribution in [0.15, 0.2) is 16.5 Å². The highest BCUT2D eigenvalue weighted by atomic mass is 16.5. The van der Waals surface area contributed by atoms with Gasteiger partial charge in [0.05, 0.1) is 25.8 Å².